The van der Waals surface area contributed by atoms with Crippen LogP contribution in [-0.4, -0.2) is 12.0 Å². The van der Waals surface area contributed by atoms with Crippen molar-refractivity contribution < 1.29 is 11.6 Å². The summed E-state index contributed by atoms with van der Waals surface area (Å²) in [6.07, 6.45) is 1.28. The molecule has 0 radical (unpaired) electrons. The molecule has 1 rings (SSSR count). The van der Waals surface area contributed by atoms with Crippen molar-refractivity contribution in [2.75, 3.05) is 12.8 Å². The van der Waals surface area contributed by atoms with Crippen molar-refractivity contribution in [3.8, 4) is 0 Å². The largest absolute Gasteiger partial charge is 0.399 e. The third-order valence-corrected chi connectivity index (χ3v) is 0.940. The number of anilines is 1. The second kappa shape index (κ2) is 3.17. The van der Waals surface area contributed by atoms with E-state index in [4.69, 9.17) is 12.6 Å². The first-order valence-electron chi connectivity index (χ1n) is 5.13. The fourth-order valence-electron chi connectivity index (χ4n) is 0.555. The molecule has 0 aliphatic carbocycles. The highest BCUT2D eigenvalue weighted by Crippen LogP contribution is 2.02. The number of nitrogens with zero attached hydrogens (tertiary/aromatic N) is 1. The van der Waals surface area contributed by atoms with E-state index in [1.54, 1.807) is 0 Å². The van der Waals surface area contributed by atoms with Gasteiger partial charge >= 0.3 is 0 Å². The molecule has 0 bridgehead atoms. The summed E-state index contributed by atoms with van der Waals surface area (Å²) in [5.41, 5.74) is 5.54. The number of ether oxygens (including phenoxy) is 1. The first-order chi connectivity index (χ1) is 6.71. The van der Waals surface area contributed by atoms with Crippen LogP contribution in [-0.2, 0) is 11.3 Å². The third-order valence-electron chi connectivity index (χ3n) is 0.940. The lowest BCUT2D eigenvalue weighted by Crippen LogP contribution is -1.93. The fourth-order valence-corrected chi connectivity index (χ4v) is 0.555. The Morgan fingerprint density at radius 1 is 2.00 bits per heavy atom. The molecule has 0 unspecified atom stereocenters. The van der Waals surface area contributed by atoms with Crippen molar-refractivity contribution in [3.63, 3.8) is 0 Å². The zero-order chi connectivity index (χ0) is 11.7. The second-order valence-corrected chi connectivity index (χ2v) is 1.68. The van der Waals surface area contributed by atoms with Gasteiger partial charge in [0.25, 0.3) is 0 Å². The summed E-state index contributed by atoms with van der Waals surface area (Å²) in [4.78, 5) is 3.67. The Balaban J connectivity index is 2.95. The van der Waals surface area contributed by atoms with Gasteiger partial charge in [0.05, 0.1) is 19.1 Å². The van der Waals surface area contributed by atoms with E-state index in [9.17, 15) is 0 Å². The lowest BCUT2D eigenvalue weighted by atomic mass is 10.3. The highest BCUT2D eigenvalue weighted by atomic mass is 16.5. The van der Waals surface area contributed by atoms with Gasteiger partial charge in [-0.3, -0.25) is 4.98 Å². The van der Waals surface area contributed by atoms with Crippen LogP contribution in [0.25, 0.3) is 0 Å². The molecule has 0 fully saturated rings. The van der Waals surface area contributed by atoms with Gasteiger partial charge in [0, 0.05) is 18.9 Å². The zero-order valence-electron chi connectivity index (χ0n) is 10.2. The Labute approximate surface area is 66.9 Å². The van der Waals surface area contributed by atoms with Crippen LogP contribution < -0.4 is 5.73 Å². The monoisotopic (exact) mass is 143 g/mol. The molecule has 0 saturated carbocycles. The number of nitrogen functional groups attached to an aromatic ring is 1. The summed E-state index contributed by atoms with van der Waals surface area (Å²) in [5.74, 6) is 0. The van der Waals surface area contributed by atoms with Gasteiger partial charge in [-0.2, -0.15) is 0 Å². The average Bonchev–Trinajstić information content (AvgIpc) is 1.99. The molecule has 54 valence electrons. The maximum Gasteiger partial charge on any atom is 0.0884 e. The smallest absolute Gasteiger partial charge is 0.0884 e. The molecule has 3 nitrogen and oxygen atoms in total. The molecule has 0 aliphatic rings. The number of pyridine rings is 1. The topological polar surface area (TPSA) is 48.1 Å². The molecule has 0 spiro atoms. The van der Waals surface area contributed by atoms with Crippen molar-refractivity contribution in [2.24, 2.45) is 0 Å². The lowest BCUT2D eigenvalue weighted by molar-refractivity contribution is 0.181. The number of nitrogens with two attached hydrogens (primary N) is 1. The van der Waals surface area contributed by atoms with Crippen LogP contribution in [0.15, 0.2) is 18.3 Å². The van der Waals surface area contributed by atoms with Crippen LogP contribution >= 0.6 is 0 Å². The lowest BCUT2D eigenvalue weighted by Gasteiger charge is -1.97. The predicted octanol–water partition coefficient (Wildman–Crippen LogP) is 0.810. The van der Waals surface area contributed by atoms with Gasteiger partial charge in [0.1, 0.15) is 0 Å². The van der Waals surface area contributed by atoms with Crippen molar-refractivity contribution in [3.05, 3.63) is 24.0 Å². The molecule has 1 aromatic rings. The fraction of sp³-hybridized carbons (Fsp3) is 0.286. The maximum atomic E-state index is 7.39. The number of aromatic nitrogens is 1. The van der Waals surface area contributed by atoms with Crippen molar-refractivity contribution in [1.82, 2.24) is 4.98 Å². The van der Waals surface area contributed by atoms with E-state index in [1.807, 2.05) is 0 Å². The molecule has 0 atom stereocenters. The van der Waals surface area contributed by atoms with Gasteiger partial charge in [-0.1, -0.05) is 0 Å². The summed E-state index contributed by atoms with van der Waals surface area (Å²) in [6, 6.07) is 2.70. The predicted molar refractivity (Wildman–Crippen MR) is 39.4 cm³/mol. The van der Waals surface area contributed by atoms with Crippen LogP contribution in [0, 0.1) is 0 Å². The number of hydrogen-bond donors (Lipinski definition) is 1. The highest BCUT2D eigenvalue weighted by Gasteiger charge is 1.91. The van der Waals surface area contributed by atoms with Gasteiger partial charge in [-0.05, 0) is 12.1 Å². The molecule has 10 heavy (non-hydrogen) atoms. The number of rotatable bonds is 2. The van der Waals surface area contributed by atoms with E-state index in [1.165, 1.54) is 18.3 Å². The van der Waals surface area contributed by atoms with Gasteiger partial charge in [0.2, 0.25) is 0 Å². The van der Waals surface area contributed by atoms with Crippen LogP contribution in [0.5, 0.6) is 0 Å². The molecule has 2 N–H and O–H groups in total. The molecule has 0 aromatic carbocycles. The number of methoxy groups -OCH3 is 1. The Hall–Kier alpha value is -1.09. The van der Waals surface area contributed by atoms with Crippen molar-refractivity contribution in [2.45, 2.75) is 6.56 Å². The van der Waals surface area contributed by atoms with E-state index >= 15 is 0 Å². The van der Waals surface area contributed by atoms with Gasteiger partial charge < -0.3 is 10.5 Å². The maximum absolute atomic E-state index is 7.39. The molecule has 1 heterocycles. The van der Waals surface area contributed by atoms with E-state index < -0.39 is 13.6 Å². The highest BCUT2D eigenvalue weighted by molar-refractivity contribution is 5.36. The quantitative estimate of drug-likeness (QED) is 0.666. The van der Waals surface area contributed by atoms with Crippen LogP contribution in [0.1, 0.15) is 12.5 Å². The molecular formula is C7H10N2O. The van der Waals surface area contributed by atoms with E-state index in [0.717, 1.165) is 0 Å². The minimum atomic E-state index is -2.82. The second-order valence-electron chi connectivity index (χ2n) is 1.68. The molecule has 0 amide bonds. The van der Waals surface area contributed by atoms with Crippen molar-refractivity contribution in [1.29, 1.82) is 0 Å². The molecule has 1 aromatic heterocycles. The zero-order valence-corrected chi connectivity index (χ0v) is 5.16. The van der Waals surface area contributed by atoms with Gasteiger partial charge in [-0.25, -0.2) is 0 Å². The molecule has 0 saturated heterocycles. The Kier molecular flexibility index (Phi) is 0.914. The Morgan fingerprint density at radius 2 is 2.90 bits per heavy atom. The Bertz CT molecular complexity index is 351. The van der Waals surface area contributed by atoms with Crippen LogP contribution in [0.3, 0.4) is 0 Å². The van der Waals surface area contributed by atoms with Crippen LogP contribution in [0.4, 0.5) is 5.69 Å². The average molecular weight is 143 g/mol. The minimum absolute atomic E-state index is 0.168. The van der Waals surface area contributed by atoms with E-state index in [2.05, 4.69) is 9.72 Å². The molecule has 0 aliphatic heterocycles. The summed E-state index contributed by atoms with van der Waals surface area (Å²) in [5, 5.41) is 0. The summed E-state index contributed by atoms with van der Waals surface area (Å²) in [7, 11) is -2.82. The minimum Gasteiger partial charge on any atom is -0.399 e. The van der Waals surface area contributed by atoms with E-state index in [-0.39, 0.29) is 11.4 Å². The third kappa shape index (κ3) is 1.70. The summed E-state index contributed by atoms with van der Waals surface area (Å²) in [6.45, 7) is -2.49. The summed E-state index contributed by atoms with van der Waals surface area (Å²) < 4.78 is 39.5. The van der Waals surface area contributed by atoms with E-state index in [0.29, 0.717) is 0 Å². The standard InChI is InChI=1S/C7H10N2O/c1-10-5-7-4-6(8)2-3-9-7/h2-4H,5H2,1H3,(H2,8,9)/i1D3,5D2. The first-order valence-corrected chi connectivity index (χ1v) is 2.63. The van der Waals surface area contributed by atoms with Crippen molar-refractivity contribution >= 4 is 5.69 Å². The summed E-state index contributed by atoms with van der Waals surface area (Å²) >= 11 is 0. The molecule has 3 heteroatoms. The van der Waals surface area contributed by atoms with Gasteiger partial charge in [0.15, 0.2) is 0 Å². The Morgan fingerprint density at radius 3 is 3.60 bits per heavy atom. The SMILES string of the molecule is [2H]C([2H])([2H])OC([2H])([2H])c1cc(N)ccn1. The molecular weight excluding hydrogens is 128 g/mol. The normalized spacial score (nSPS) is 19.8. The first kappa shape index (κ1) is 2.88. The van der Waals surface area contributed by atoms with Gasteiger partial charge in [-0.15, -0.1) is 0 Å². The number of hydrogen-bond acceptors (Lipinski definition) is 3. The van der Waals surface area contributed by atoms with Crippen LogP contribution in [0.2, 0.25) is 0 Å².